The molecule has 8 nitrogen and oxygen atoms in total. The number of amides is 3. The number of aryl methyl sites for hydroxylation is 1. The average Bonchev–Trinajstić information content (AvgIpc) is 3.33. The number of nitrogens with one attached hydrogen (secondary N) is 2. The van der Waals surface area contributed by atoms with Crippen LogP contribution in [0.25, 0.3) is 22.0 Å². The first-order valence-corrected chi connectivity index (χ1v) is 11.2. The smallest absolute Gasteiger partial charge is 0.259 e. The van der Waals surface area contributed by atoms with Crippen LogP contribution in [0.5, 0.6) is 5.75 Å². The van der Waals surface area contributed by atoms with Crippen LogP contribution < -0.4 is 10.6 Å². The van der Waals surface area contributed by atoms with Crippen molar-refractivity contribution in [2.24, 2.45) is 7.05 Å². The molecular weight excluding hydrogens is 446 g/mol. The number of aromatic hydroxyl groups is 1. The molecule has 8 heteroatoms. The molecule has 0 saturated heterocycles. The lowest BCUT2D eigenvalue weighted by atomic mass is 9.93. The first-order valence-electron chi connectivity index (χ1n) is 11.2. The van der Waals surface area contributed by atoms with Gasteiger partial charge in [0.15, 0.2) is 0 Å². The lowest BCUT2D eigenvalue weighted by Crippen LogP contribution is -2.23. The third-order valence-electron chi connectivity index (χ3n) is 6.39. The maximum absolute atomic E-state index is 13.2. The number of nitrogens with zero attached hydrogens (tertiary/aromatic N) is 1. The van der Waals surface area contributed by atoms with E-state index in [0.717, 1.165) is 0 Å². The third-order valence-corrected chi connectivity index (χ3v) is 6.39. The van der Waals surface area contributed by atoms with Gasteiger partial charge in [0.2, 0.25) is 5.91 Å². The van der Waals surface area contributed by atoms with Gasteiger partial charge in [0.05, 0.1) is 17.0 Å². The minimum Gasteiger partial charge on any atom is -0.507 e. The predicted molar refractivity (Wildman–Crippen MR) is 131 cm³/mol. The van der Waals surface area contributed by atoms with E-state index in [9.17, 15) is 24.6 Å². The summed E-state index contributed by atoms with van der Waals surface area (Å²) in [6.07, 6.45) is 0.169. The number of benzene rings is 3. The molecule has 5 rings (SSSR count). The maximum atomic E-state index is 13.2. The Hall–Kier alpha value is -4.43. The van der Waals surface area contributed by atoms with Gasteiger partial charge in [-0.05, 0) is 36.8 Å². The lowest BCUT2D eigenvalue weighted by molar-refractivity contribution is -0.118. The highest BCUT2D eigenvalue weighted by molar-refractivity contribution is 6.29. The van der Waals surface area contributed by atoms with Crippen LogP contribution in [0.1, 0.15) is 38.7 Å². The quantitative estimate of drug-likeness (QED) is 0.322. The second-order valence-corrected chi connectivity index (χ2v) is 8.46. The summed E-state index contributed by atoms with van der Waals surface area (Å²) in [5.41, 5.74) is 3.09. The summed E-state index contributed by atoms with van der Waals surface area (Å²) >= 11 is 0. The zero-order valence-electron chi connectivity index (χ0n) is 18.9. The van der Waals surface area contributed by atoms with E-state index < -0.39 is 17.7 Å². The number of phenolic OH excluding ortho intramolecular Hbond substituents is 1. The van der Waals surface area contributed by atoms with Crippen LogP contribution in [-0.2, 0) is 11.8 Å². The number of hydrogen-bond acceptors (Lipinski definition) is 5. The Kier molecular flexibility index (Phi) is 5.58. The van der Waals surface area contributed by atoms with E-state index >= 15 is 0 Å². The normalized spacial score (nSPS) is 13.5. The van der Waals surface area contributed by atoms with Crippen molar-refractivity contribution < 1.29 is 24.6 Å². The highest BCUT2D eigenvalue weighted by Crippen LogP contribution is 2.40. The fourth-order valence-corrected chi connectivity index (χ4v) is 4.73. The van der Waals surface area contributed by atoms with Gasteiger partial charge in [-0.15, -0.1) is 0 Å². The summed E-state index contributed by atoms with van der Waals surface area (Å²) in [5.74, 6) is -2.09. The number of hydrogen-bond donors (Lipinski definition) is 4. The Balaban J connectivity index is 1.70. The van der Waals surface area contributed by atoms with E-state index in [1.165, 1.54) is 6.07 Å². The van der Waals surface area contributed by atoms with Crippen molar-refractivity contribution in [2.45, 2.75) is 12.3 Å². The Morgan fingerprint density at radius 3 is 2.37 bits per heavy atom. The minimum absolute atomic E-state index is 0.0176. The number of aliphatic hydroxyl groups is 1. The molecule has 0 bridgehead atoms. The molecule has 4 N–H and O–H groups in total. The van der Waals surface area contributed by atoms with Gasteiger partial charge in [-0.2, -0.15) is 0 Å². The number of aliphatic hydroxyl groups excluding tert-OH is 1. The molecule has 0 fully saturated rings. The van der Waals surface area contributed by atoms with Crippen LogP contribution in [-0.4, -0.2) is 39.1 Å². The number of anilines is 1. The molecule has 4 aromatic rings. The topological polar surface area (TPSA) is 121 Å². The van der Waals surface area contributed by atoms with Crippen molar-refractivity contribution in [2.75, 3.05) is 11.9 Å². The molecule has 0 saturated carbocycles. The summed E-state index contributed by atoms with van der Waals surface area (Å²) in [6, 6.07) is 19.1. The van der Waals surface area contributed by atoms with E-state index in [1.807, 2.05) is 18.2 Å². The first-order chi connectivity index (χ1) is 16.9. The summed E-state index contributed by atoms with van der Waals surface area (Å²) in [4.78, 5) is 38.8. The molecule has 1 aromatic heterocycles. The predicted octanol–water partition coefficient (Wildman–Crippen LogP) is 3.54. The number of para-hydroxylation sites is 2. The zero-order chi connectivity index (χ0) is 24.7. The minimum atomic E-state index is -0.706. The summed E-state index contributed by atoms with van der Waals surface area (Å²) in [7, 11) is 1.77. The Morgan fingerprint density at radius 1 is 0.971 bits per heavy atom. The van der Waals surface area contributed by atoms with E-state index in [2.05, 4.69) is 10.6 Å². The number of carbonyl (C=O) groups is 3. The molecule has 1 aliphatic rings. The van der Waals surface area contributed by atoms with Gasteiger partial charge in [-0.25, -0.2) is 0 Å². The van der Waals surface area contributed by atoms with E-state index in [1.54, 1.807) is 54.1 Å². The maximum Gasteiger partial charge on any atom is 0.259 e. The molecule has 0 radical (unpaired) electrons. The van der Waals surface area contributed by atoms with Gasteiger partial charge in [0, 0.05) is 47.1 Å². The van der Waals surface area contributed by atoms with Crippen molar-refractivity contribution in [3.8, 4) is 16.9 Å². The second-order valence-electron chi connectivity index (χ2n) is 8.46. The highest BCUT2D eigenvalue weighted by atomic mass is 16.3. The van der Waals surface area contributed by atoms with Gasteiger partial charge in [-0.3, -0.25) is 19.7 Å². The van der Waals surface area contributed by atoms with Crippen molar-refractivity contribution in [1.82, 2.24) is 9.88 Å². The molecule has 3 aromatic carbocycles. The molecule has 176 valence electrons. The van der Waals surface area contributed by atoms with Crippen LogP contribution >= 0.6 is 0 Å². The van der Waals surface area contributed by atoms with Gasteiger partial charge < -0.3 is 20.1 Å². The number of fused-ring (bicyclic) bond motifs is 3. The monoisotopic (exact) mass is 469 g/mol. The molecular formula is C27H23N3O5. The largest absolute Gasteiger partial charge is 0.507 e. The number of aromatic nitrogens is 1. The average molecular weight is 469 g/mol. The fraction of sp³-hybridized carbons (Fsp3) is 0.148. The molecule has 0 spiro atoms. The summed E-state index contributed by atoms with van der Waals surface area (Å²) in [5, 5.41) is 25.9. The SMILES string of the molecule is Cn1c(C(CCO)C(=O)Nc2ccccc2)cc2c3c(c(-c4ccccc4O)cc21)C(=O)NC3=O. The van der Waals surface area contributed by atoms with E-state index in [-0.39, 0.29) is 35.8 Å². The molecule has 1 aliphatic heterocycles. The lowest BCUT2D eigenvalue weighted by Gasteiger charge is -2.17. The molecule has 3 amide bonds. The van der Waals surface area contributed by atoms with Gasteiger partial charge in [0.1, 0.15) is 5.75 Å². The van der Waals surface area contributed by atoms with Crippen molar-refractivity contribution in [1.29, 1.82) is 0 Å². The first kappa shape index (κ1) is 22.4. The van der Waals surface area contributed by atoms with Crippen LogP contribution in [0.3, 0.4) is 0 Å². The molecule has 0 aliphatic carbocycles. The van der Waals surface area contributed by atoms with Gasteiger partial charge in [-0.1, -0.05) is 36.4 Å². The molecule has 2 heterocycles. The van der Waals surface area contributed by atoms with E-state index in [4.69, 9.17) is 0 Å². The van der Waals surface area contributed by atoms with Crippen molar-refractivity contribution in [3.63, 3.8) is 0 Å². The molecule has 1 atom stereocenters. The standard InChI is InChI=1S/C27H23N3O5/c1-30-20(17(11-12-31)25(33)28-15-7-3-2-4-8-15)14-19-21(30)13-18(16-9-5-6-10-22(16)32)23-24(19)27(35)29-26(23)34/h2-10,13-14,17,31-32H,11-12H2,1H3,(H,28,33)(H,29,34,35). The van der Waals surface area contributed by atoms with E-state index in [0.29, 0.717) is 33.4 Å². The zero-order valence-corrected chi connectivity index (χ0v) is 18.9. The van der Waals surface area contributed by atoms with Crippen LogP contribution in [0, 0.1) is 0 Å². The number of phenols is 1. The van der Waals surface area contributed by atoms with Crippen molar-refractivity contribution >= 4 is 34.3 Å². The van der Waals surface area contributed by atoms with Crippen LogP contribution in [0.4, 0.5) is 5.69 Å². The Bertz CT molecular complexity index is 1490. The van der Waals surface area contributed by atoms with Gasteiger partial charge in [0.25, 0.3) is 11.8 Å². The Labute approximate surface area is 200 Å². The highest BCUT2D eigenvalue weighted by Gasteiger charge is 2.35. The summed E-state index contributed by atoms with van der Waals surface area (Å²) in [6.45, 7) is -0.214. The Morgan fingerprint density at radius 2 is 1.66 bits per heavy atom. The fourth-order valence-electron chi connectivity index (χ4n) is 4.73. The van der Waals surface area contributed by atoms with Crippen LogP contribution in [0.15, 0.2) is 66.7 Å². The molecule has 35 heavy (non-hydrogen) atoms. The third kappa shape index (κ3) is 3.74. The summed E-state index contributed by atoms with van der Waals surface area (Å²) < 4.78 is 1.79. The van der Waals surface area contributed by atoms with Crippen LogP contribution in [0.2, 0.25) is 0 Å². The molecule has 1 unspecified atom stereocenters. The van der Waals surface area contributed by atoms with Gasteiger partial charge >= 0.3 is 0 Å². The number of rotatable bonds is 6. The van der Waals surface area contributed by atoms with Crippen molar-refractivity contribution in [3.05, 3.63) is 83.6 Å². The second kappa shape index (κ2) is 8.73. The number of carbonyl (C=O) groups excluding carboxylic acids is 3. The number of imide groups is 1.